The van der Waals surface area contributed by atoms with Gasteiger partial charge < -0.3 is 55.3 Å². The summed E-state index contributed by atoms with van der Waals surface area (Å²) < 4.78 is 368. The van der Waals surface area contributed by atoms with E-state index < -0.39 is 178 Å². The third-order valence-electron chi connectivity index (χ3n) is 9.32. The number of carbonyl (C=O) groups excluding carboxylic acids is 3. The molecule has 0 spiro atoms. The van der Waals surface area contributed by atoms with Gasteiger partial charge in [-0.1, -0.05) is 6.58 Å². The Labute approximate surface area is 375 Å². The standard InChI is InChI=1S/C31H31F26N3O11/c1-2-12(62)60-19(8-68-16-15(65)14(64)13(63)11(7-61)71-16,9-69-17(66)58-5-3-20(32,33)22(36,37)24(40,41)26(44,45)28(48,49)30(52,53)54)10-70-18(67)59-6-4-21(34,35)23(38,39)25(42,43)27(46,47)29(50,51)31(55,56)57/h2,11,13-16,61,63-65H,1,3-10H2,(H,58,66)(H,59,67)(H,60,62)/t11-,13+,14+,15-,16-/m1/s1. The van der Waals surface area contributed by atoms with Gasteiger partial charge >= 0.3 is 83.8 Å². The van der Waals surface area contributed by atoms with Gasteiger partial charge in [-0.25, -0.2) is 9.59 Å². The number of rotatable bonds is 24. The first-order chi connectivity index (χ1) is 31.4. The van der Waals surface area contributed by atoms with E-state index in [-0.39, 0.29) is 6.08 Å². The molecular weight excluding hydrogens is 1080 g/mol. The van der Waals surface area contributed by atoms with Crippen LogP contribution in [0, 0.1) is 0 Å². The van der Waals surface area contributed by atoms with Crippen LogP contribution in [0.1, 0.15) is 12.8 Å². The van der Waals surface area contributed by atoms with E-state index in [1.165, 1.54) is 0 Å². The normalized spacial score (nSPS) is 21.1. The Kier molecular flexibility index (Phi) is 19.4. The largest absolute Gasteiger partial charge is 0.460 e. The summed E-state index contributed by atoms with van der Waals surface area (Å²) in [6.07, 6.45) is -37.3. The zero-order valence-corrected chi connectivity index (χ0v) is 33.8. The van der Waals surface area contributed by atoms with Crippen LogP contribution in [0.3, 0.4) is 0 Å². The van der Waals surface area contributed by atoms with Crippen molar-refractivity contribution >= 4 is 18.1 Å². The summed E-state index contributed by atoms with van der Waals surface area (Å²) in [6, 6.07) is 0. The molecule has 0 aromatic carbocycles. The molecule has 0 unspecified atom stereocenters. The number of alkyl carbamates (subject to hydrolysis) is 2. The molecule has 3 amide bonds. The lowest BCUT2D eigenvalue weighted by Gasteiger charge is -2.41. The van der Waals surface area contributed by atoms with Crippen molar-refractivity contribution in [3.8, 4) is 0 Å². The van der Waals surface area contributed by atoms with E-state index >= 15 is 0 Å². The highest BCUT2D eigenvalue weighted by Crippen LogP contribution is 2.62. The highest BCUT2D eigenvalue weighted by Gasteiger charge is 2.92. The molecule has 40 heteroatoms. The Bertz CT molecular complexity index is 1750. The summed E-state index contributed by atoms with van der Waals surface area (Å²) in [4.78, 5) is 37.1. The quantitative estimate of drug-likeness (QED) is 0.0472. The second kappa shape index (κ2) is 21.3. The molecule has 14 nitrogen and oxygen atoms in total. The zero-order chi connectivity index (χ0) is 56.4. The molecule has 1 heterocycles. The van der Waals surface area contributed by atoms with Crippen LogP contribution < -0.4 is 16.0 Å². The maximum absolute atomic E-state index is 14.2. The molecule has 71 heavy (non-hydrogen) atoms. The smallest absolute Gasteiger partial charge is 0.447 e. The number of hydrogen-bond acceptors (Lipinski definition) is 11. The van der Waals surface area contributed by atoms with E-state index in [0.717, 1.165) is 10.6 Å². The fourth-order valence-electron chi connectivity index (χ4n) is 5.06. The fraction of sp³-hybridized carbons (Fsp3) is 0.839. The third kappa shape index (κ3) is 12.4. The van der Waals surface area contributed by atoms with Crippen molar-refractivity contribution in [3.63, 3.8) is 0 Å². The van der Waals surface area contributed by atoms with Crippen LogP contribution in [0.2, 0.25) is 0 Å². The van der Waals surface area contributed by atoms with Gasteiger partial charge in [0.15, 0.2) is 6.29 Å². The predicted molar refractivity (Wildman–Crippen MR) is 170 cm³/mol. The maximum atomic E-state index is 14.2. The van der Waals surface area contributed by atoms with Gasteiger partial charge in [-0.05, 0) is 6.08 Å². The molecular formula is C31H31F26N3O11. The SMILES string of the molecule is C=CC(=O)NC(COC(=O)NCCC(F)(F)C(F)(F)C(F)(F)C(F)(F)C(F)(F)C(F)(F)F)(COC(=O)NCCC(F)(F)C(F)(F)C(F)(F)C(F)(F)C(F)(F)C(F)(F)F)CO[C@@H]1O[C@H](CO)[C@H](O)[C@H](O)[C@H]1O. The second-order valence-corrected chi connectivity index (χ2v) is 14.5. The molecule has 1 saturated heterocycles. The van der Waals surface area contributed by atoms with E-state index in [0.29, 0.717) is 0 Å². The number of halogens is 26. The number of aliphatic hydroxyl groups excluding tert-OH is 4. The molecule has 7 N–H and O–H groups in total. The van der Waals surface area contributed by atoms with Gasteiger partial charge in [-0.3, -0.25) is 4.79 Å². The monoisotopic (exact) mass is 1120 g/mol. The minimum atomic E-state index is -8.31. The Morgan fingerprint density at radius 2 is 0.845 bits per heavy atom. The second-order valence-electron chi connectivity index (χ2n) is 14.5. The Morgan fingerprint density at radius 1 is 0.507 bits per heavy atom. The molecule has 5 atom stereocenters. The highest BCUT2D eigenvalue weighted by atomic mass is 19.4. The van der Waals surface area contributed by atoms with Crippen molar-refractivity contribution in [1.29, 1.82) is 0 Å². The maximum Gasteiger partial charge on any atom is 0.460 e. The van der Waals surface area contributed by atoms with E-state index in [9.17, 15) is 149 Å². The van der Waals surface area contributed by atoms with Crippen LogP contribution in [0.15, 0.2) is 12.7 Å². The molecule has 0 aromatic heterocycles. The molecule has 1 aliphatic rings. The summed E-state index contributed by atoms with van der Waals surface area (Å²) >= 11 is 0. The van der Waals surface area contributed by atoms with E-state index in [4.69, 9.17) is 9.47 Å². The van der Waals surface area contributed by atoms with Crippen molar-refractivity contribution < 1.29 is 168 Å². The molecule has 0 aliphatic carbocycles. The first-order valence-corrected chi connectivity index (χ1v) is 18.0. The van der Waals surface area contributed by atoms with Gasteiger partial charge in [0.25, 0.3) is 0 Å². The fourth-order valence-corrected chi connectivity index (χ4v) is 5.06. The van der Waals surface area contributed by atoms with Crippen LogP contribution in [0.4, 0.5) is 124 Å². The first kappa shape index (κ1) is 64.7. The van der Waals surface area contributed by atoms with E-state index in [1.54, 1.807) is 5.32 Å². The summed E-state index contributed by atoms with van der Waals surface area (Å²) in [5.41, 5.74) is -3.03. The van der Waals surface area contributed by atoms with Crippen LogP contribution in [-0.4, -0.2) is 186 Å². The molecule has 0 radical (unpaired) electrons. The van der Waals surface area contributed by atoms with Crippen LogP contribution in [0.25, 0.3) is 0 Å². The van der Waals surface area contributed by atoms with E-state index in [1.807, 2.05) is 0 Å². The van der Waals surface area contributed by atoms with E-state index in [2.05, 4.69) is 16.1 Å². The Morgan fingerprint density at radius 3 is 1.15 bits per heavy atom. The number of ether oxygens (including phenoxy) is 4. The summed E-state index contributed by atoms with van der Waals surface area (Å²) in [6.45, 7) is -8.11. The lowest BCUT2D eigenvalue weighted by Crippen LogP contribution is -2.70. The van der Waals surface area contributed by atoms with Crippen LogP contribution >= 0.6 is 0 Å². The topological polar surface area (TPSA) is 205 Å². The van der Waals surface area contributed by atoms with Gasteiger partial charge in [0.1, 0.15) is 43.2 Å². The van der Waals surface area contributed by atoms with Crippen molar-refractivity contribution in [3.05, 3.63) is 12.7 Å². The minimum Gasteiger partial charge on any atom is -0.447 e. The molecule has 0 aromatic rings. The number of alkyl halides is 26. The van der Waals surface area contributed by atoms with Crippen molar-refractivity contribution in [1.82, 2.24) is 16.0 Å². The molecule has 1 rings (SSSR count). The summed E-state index contributed by atoms with van der Waals surface area (Å²) in [5.74, 6) is -80.1. The minimum absolute atomic E-state index is 0.237. The highest BCUT2D eigenvalue weighted by molar-refractivity contribution is 5.87. The number of amides is 3. The Hall–Kier alpha value is -4.31. The first-order valence-electron chi connectivity index (χ1n) is 18.0. The van der Waals surface area contributed by atoms with Gasteiger partial charge in [-0.15, -0.1) is 0 Å². The molecule has 0 saturated carbocycles. The number of carbonyl (C=O) groups is 3. The lowest BCUT2D eigenvalue weighted by atomic mass is 9.92. The average Bonchev–Trinajstić information content (AvgIpc) is 3.22. The van der Waals surface area contributed by atoms with Gasteiger partial charge in [-0.2, -0.15) is 114 Å². The molecule has 1 fully saturated rings. The van der Waals surface area contributed by atoms with Gasteiger partial charge in [0, 0.05) is 25.9 Å². The summed E-state index contributed by atoms with van der Waals surface area (Å²) in [7, 11) is 0. The van der Waals surface area contributed by atoms with Crippen molar-refractivity contribution in [2.45, 2.75) is 121 Å². The third-order valence-corrected chi connectivity index (χ3v) is 9.32. The number of nitrogens with one attached hydrogen (secondary N) is 3. The Balaban J connectivity index is 3.46. The number of aliphatic hydroxyl groups is 4. The molecule has 0 bridgehead atoms. The van der Waals surface area contributed by atoms with Crippen LogP contribution in [-0.2, 0) is 23.7 Å². The molecule has 1 aliphatic heterocycles. The van der Waals surface area contributed by atoms with Crippen molar-refractivity contribution in [2.75, 3.05) is 39.5 Å². The van der Waals surface area contributed by atoms with Gasteiger partial charge in [0.2, 0.25) is 5.91 Å². The summed E-state index contributed by atoms with van der Waals surface area (Å²) in [5, 5.41) is 43.2. The lowest BCUT2D eigenvalue weighted by molar-refractivity contribution is -0.440. The van der Waals surface area contributed by atoms with Crippen molar-refractivity contribution in [2.24, 2.45) is 0 Å². The predicted octanol–water partition coefficient (Wildman–Crippen LogP) is 5.55. The number of hydrogen-bond donors (Lipinski definition) is 7. The average molecular weight is 1120 g/mol. The zero-order valence-electron chi connectivity index (χ0n) is 33.8. The molecule has 418 valence electrons. The van der Waals surface area contributed by atoms with Gasteiger partial charge in [0.05, 0.1) is 13.2 Å². The van der Waals surface area contributed by atoms with Crippen LogP contribution in [0.5, 0.6) is 0 Å².